The van der Waals surface area contributed by atoms with E-state index in [2.05, 4.69) is 0 Å². The number of para-hydroxylation sites is 1. The molecule has 0 N–H and O–H groups in total. The number of hydrogen-bond acceptors (Lipinski definition) is 6. The molecule has 2 bridgehead atoms. The summed E-state index contributed by atoms with van der Waals surface area (Å²) in [6, 6.07) is 8.31. The second-order valence-electron chi connectivity index (χ2n) is 6.52. The van der Waals surface area contributed by atoms with Gasteiger partial charge in [0.25, 0.3) is 0 Å². The zero-order chi connectivity index (χ0) is 19.4. The van der Waals surface area contributed by atoms with Crippen LogP contribution in [0.5, 0.6) is 0 Å². The number of carbonyl (C=O) groups is 2. The van der Waals surface area contributed by atoms with Gasteiger partial charge in [-0.15, -0.1) is 0 Å². The minimum atomic E-state index is -1.49. The Balaban J connectivity index is 2.12. The van der Waals surface area contributed by atoms with Gasteiger partial charge in [-0.2, -0.15) is 0 Å². The van der Waals surface area contributed by atoms with Crippen LogP contribution in [0.15, 0.2) is 52.1 Å². The third-order valence-electron chi connectivity index (χ3n) is 5.32. The summed E-state index contributed by atoms with van der Waals surface area (Å²) in [6.07, 6.45) is 3.16. The van der Waals surface area contributed by atoms with E-state index in [-0.39, 0.29) is 12.8 Å². The van der Waals surface area contributed by atoms with Crippen LogP contribution in [0.2, 0.25) is 0 Å². The molecule has 1 aliphatic carbocycles. The lowest BCUT2D eigenvalue weighted by atomic mass is 9.75. The highest BCUT2D eigenvalue weighted by atomic mass is 16.5. The van der Waals surface area contributed by atoms with Crippen LogP contribution in [0.3, 0.4) is 0 Å². The predicted molar refractivity (Wildman–Crippen MR) is 92.6 cm³/mol. The number of hydrogen-bond donors (Lipinski definition) is 0. The molecule has 0 saturated heterocycles. The molecule has 2 aromatic rings. The van der Waals surface area contributed by atoms with E-state index in [0.29, 0.717) is 5.69 Å². The number of rotatable bonds is 3. The summed E-state index contributed by atoms with van der Waals surface area (Å²) in [7, 11) is 2.42. The number of esters is 2. The van der Waals surface area contributed by atoms with Gasteiger partial charge in [0.2, 0.25) is 0 Å². The molecule has 3 aliphatic rings. The summed E-state index contributed by atoms with van der Waals surface area (Å²) in [5.74, 6) is -1.36. The lowest BCUT2D eigenvalue weighted by molar-refractivity contribution is -0.161. The summed E-state index contributed by atoms with van der Waals surface area (Å²) in [4.78, 5) is 51.6. The molecule has 9 heteroatoms. The van der Waals surface area contributed by atoms with E-state index in [9.17, 15) is 19.2 Å². The van der Waals surface area contributed by atoms with Crippen LogP contribution in [-0.2, 0) is 30.1 Å². The molecular weight excluding hydrogens is 354 g/mol. The molecule has 0 radical (unpaired) electrons. The van der Waals surface area contributed by atoms with Crippen LogP contribution in [0.1, 0.15) is 12.8 Å². The number of benzene rings is 1. The lowest BCUT2D eigenvalue weighted by Crippen LogP contribution is -2.64. The average Bonchev–Trinajstić information content (AvgIpc) is 3.01. The van der Waals surface area contributed by atoms with Crippen molar-refractivity contribution >= 4 is 11.9 Å². The molecule has 0 fully saturated rings. The molecule has 0 amide bonds. The first kappa shape index (κ1) is 17.1. The number of nitrogens with zero attached hydrogens (tertiary/aromatic N) is 3. The van der Waals surface area contributed by atoms with Crippen molar-refractivity contribution in [3.05, 3.63) is 63.5 Å². The van der Waals surface area contributed by atoms with Crippen LogP contribution in [0, 0.1) is 0 Å². The van der Waals surface area contributed by atoms with Crippen LogP contribution in [-0.4, -0.2) is 40.1 Å². The third kappa shape index (κ3) is 1.93. The van der Waals surface area contributed by atoms with E-state index >= 15 is 0 Å². The molecule has 0 saturated carbocycles. The number of carbonyl (C=O) groups excluding carboxylic acids is 2. The first-order chi connectivity index (χ1) is 12.9. The van der Waals surface area contributed by atoms with E-state index < -0.39 is 34.4 Å². The van der Waals surface area contributed by atoms with Crippen molar-refractivity contribution in [3.63, 3.8) is 0 Å². The molecule has 9 nitrogen and oxygen atoms in total. The quantitative estimate of drug-likeness (QED) is 0.552. The zero-order valence-electron chi connectivity index (χ0n) is 14.7. The molecule has 1 aromatic carbocycles. The standard InChI is InChI=1S/C18H17N3O6/c1-26-13(22)17-8-10-18(11-9-17,14(23)27-2)21-16(25)19(15(24)20(17)21)12-6-4-3-5-7-12/h3-8,10H,9,11H2,1-2H3/t17-,18-/m0/s1. The van der Waals surface area contributed by atoms with Gasteiger partial charge in [0, 0.05) is 0 Å². The Morgan fingerprint density at radius 3 is 1.67 bits per heavy atom. The lowest BCUT2D eigenvalue weighted by Gasteiger charge is -2.46. The van der Waals surface area contributed by atoms with Gasteiger partial charge in [-0.05, 0) is 37.1 Å². The van der Waals surface area contributed by atoms with Gasteiger partial charge in [0.15, 0.2) is 11.1 Å². The minimum absolute atomic E-state index is 0.128. The van der Waals surface area contributed by atoms with Gasteiger partial charge in [-0.25, -0.2) is 33.1 Å². The SMILES string of the molecule is COC(=O)[C@]12C=C[C@@](C(=O)OC)(CC1)n1c(=O)n(-c3ccccc3)c(=O)n12. The van der Waals surface area contributed by atoms with E-state index in [1.54, 1.807) is 30.3 Å². The summed E-state index contributed by atoms with van der Waals surface area (Å²) in [6.45, 7) is 0. The summed E-state index contributed by atoms with van der Waals surface area (Å²) in [5, 5.41) is 0. The zero-order valence-corrected chi connectivity index (χ0v) is 14.7. The fourth-order valence-electron chi connectivity index (χ4n) is 3.98. The van der Waals surface area contributed by atoms with Crippen molar-refractivity contribution in [3.8, 4) is 5.69 Å². The summed E-state index contributed by atoms with van der Waals surface area (Å²) in [5.41, 5.74) is -4.09. The summed E-state index contributed by atoms with van der Waals surface area (Å²) < 4.78 is 12.8. The number of methoxy groups -OCH3 is 2. The first-order valence-corrected chi connectivity index (χ1v) is 8.33. The van der Waals surface area contributed by atoms with Crippen molar-refractivity contribution in [2.45, 2.75) is 23.9 Å². The Bertz CT molecular complexity index is 1030. The van der Waals surface area contributed by atoms with Gasteiger partial charge in [0.1, 0.15) is 0 Å². The van der Waals surface area contributed by atoms with E-state index in [4.69, 9.17) is 9.47 Å². The minimum Gasteiger partial charge on any atom is -0.467 e. The van der Waals surface area contributed by atoms with E-state index in [1.807, 2.05) is 0 Å². The highest BCUT2D eigenvalue weighted by molar-refractivity contribution is 5.87. The van der Waals surface area contributed by atoms with Crippen molar-refractivity contribution in [2.24, 2.45) is 0 Å². The van der Waals surface area contributed by atoms with Gasteiger partial charge in [0.05, 0.1) is 19.9 Å². The Hall–Kier alpha value is -3.36. The van der Waals surface area contributed by atoms with Crippen LogP contribution < -0.4 is 11.4 Å². The van der Waals surface area contributed by atoms with Crippen molar-refractivity contribution in [2.75, 3.05) is 14.2 Å². The molecule has 140 valence electrons. The van der Waals surface area contributed by atoms with Gasteiger partial charge in [-0.1, -0.05) is 18.2 Å². The number of ether oxygens (including phenoxy) is 2. The Morgan fingerprint density at radius 1 is 0.852 bits per heavy atom. The Labute approximate surface area is 153 Å². The second kappa shape index (κ2) is 5.57. The maximum Gasteiger partial charge on any atom is 0.353 e. The topological polar surface area (TPSA) is 102 Å². The van der Waals surface area contributed by atoms with Crippen LogP contribution in [0.4, 0.5) is 0 Å². The van der Waals surface area contributed by atoms with Crippen LogP contribution in [0.25, 0.3) is 5.69 Å². The van der Waals surface area contributed by atoms with Crippen LogP contribution >= 0.6 is 0 Å². The van der Waals surface area contributed by atoms with Gasteiger partial charge < -0.3 is 9.47 Å². The number of aromatic nitrogens is 3. The molecule has 0 spiro atoms. The van der Waals surface area contributed by atoms with Crippen molar-refractivity contribution in [1.29, 1.82) is 0 Å². The largest absolute Gasteiger partial charge is 0.467 e. The number of fused-ring (bicyclic) bond motifs is 1. The fourth-order valence-corrected chi connectivity index (χ4v) is 3.98. The van der Waals surface area contributed by atoms with Crippen molar-refractivity contribution < 1.29 is 19.1 Å². The molecule has 3 heterocycles. The molecular formula is C18H17N3O6. The molecule has 1 aromatic heterocycles. The van der Waals surface area contributed by atoms with Gasteiger partial charge in [-0.3, -0.25) is 0 Å². The molecule has 2 aliphatic heterocycles. The smallest absolute Gasteiger partial charge is 0.353 e. The van der Waals surface area contributed by atoms with Gasteiger partial charge >= 0.3 is 23.3 Å². The van der Waals surface area contributed by atoms with E-state index in [0.717, 1.165) is 13.9 Å². The first-order valence-electron chi connectivity index (χ1n) is 8.33. The maximum atomic E-state index is 13.2. The normalized spacial score (nSPS) is 25.1. The molecule has 27 heavy (non-hydrogen) atoms. The Kier molecular flexibility index (Phi) is 3.52. The average molecular weight is 371 g/mol. The Morgan fingerprint density at radius 2 is 1.30 bits per heavy atom. The molecule has 5 rings (SSSR count). The monoisotopic (exact) mass is 371 g/mol. The fraction of sp³-hybridized carbons (Fsp3) is 0.333. The molecule has 0 unspecified atom stereocenters. The summed E-state index contributed by atoms with van der Waals surface area (Å²) >= 11 is 0. The third-order valence-corrected chi connectivity index (χ3v) is 5.32. The highest BCUT2D eigenvalue weighted by Crippen LogP contribution is 2.43. The maximum absolute atomic E-state index is 13.2. The second-order valence-corrected chi connectivity index (χ2v) is 6.52. The predicted octanol–water partition coefficient (Wildman–Crippen LogP) is -0.0991. The highest BCUT2D eigenvalue weighted by Gasteiger charge is 2.59. The van der Waals surface area contributed by atoms with E-state index in [1.165, 1.54) is 26.4 Å². The van der Waals surface area contributed by atoms with Crippen molar-refractivity contribution in [1.82, 2.24) is 13.9 Å². The molecule has 2 atom stereocenters.